The Bertz CT molecular complexity index is 662. The Morgan fingerprint density at radius 3 is 3.00 bits per heavy atom. The van der Waals surface area contributed by atoms with Gasteiger partial charge in [0.25, 0.3) is 0 Å². The number of nitrogens with one attached hydrogen (secondary N) is 1. The van der Waals surface area contributed by atoms with Crippen molar-refractivity contribution in [1.29, 1.82) is 0 Å². The fourth-order valence-corrected chi connectivity index (χ4v) is 3.55. The second-order valence-electron chi connectivity index (χ2n) is 5.93. The smallest absolute Gasteiger partial charge is 0.231 e. The van der Waals surface area contributed by atoms with Gasteiger partial charge in [0, 0.05) is 31.9 Å². The molecule has 24 heavy (non-hydrogen) atoms. The van der Waals surface area contributed by atoms with E-state index in [-0.39, 0.29) is 11.8 Å². The highest BCUT2D eigenvalue weighted by Crippen LogP contribution is 2.23. The molecule has 0 spiro atoms. The van der Waals surface area contributed by atoms with E-state index in [1.165, 1.54) is 11.3 Å². The molecule has 1 fully saturated rings. The molecule has 0 bridgehead atoms. The lowest BCUT2D eigenvalue weighted by molar-refractivity contribution is -0.120. The number of aryl methyl sites for hydroxylation is 1. The highest BCUT2D eigenvalue weighted by molar-refractivity contribution is 7.15. The van der Waals surface area contributed by atoms with E-state index in [1.807, 2.05) is 0 Å². The molecular formula is C16H22N6OS. The van der Waals surface area contributed by atoms with Crippen molar-refractivity contribution in [3.63, 3.8) is 0 Å². The third kappa shape index (κ3) is 4.25. The van der Waals surface area contributed by atoms with Gasteiger partial charge < -0.3 is 10.2 Å². The standard InChI is InChI=1S/C16H22N6OS/c1-2-3-7-13-20-21-16(24-13)19-14(23)12-6-4-10-22(11-12)15-17-8-5-9-18-15/h5,8-9,12H,2-4,6-7,10-11H2,1H3,(H,19,21,23). The van der Waals surface area contributed by atoms with Crippen LogP contribution in [0.3, 0.4) is 0 Å². The number of amides is 1. The summed E-state index contributed by atoms with van der Waals surface area (Å²) in [6, 6.07) is 1.79. The van der Waals surface area contributed by atoms with Crippen LogP contribution in [0, 0.1) is 5.92 Å². The molecule has 1 unspecified atom stereocenters. The van der Waals surface area contributed by atoms with E-state index in [1.54, 1.807) is 18.5 Å². The highest BCUT2D eigenvalue weighted by Gasteiger charge is 2.27. The summed E-state index contributed by atoms with van der Waals surface area (Å²) in [6.07, 6.45) is 8.42. The number of hydrogen-bond donors (Lipinski definition) is 1. The summed E-state index contributed by atoms with van der Waals surface area (Å²) in [5.74, 6) is 0.618. The maximum absolute atomic E-state index is 12.5. The Kier molecular flexibility index (Phi) is 5.68. The first-order valence-electron chi connectivity index (χ1n) is 8.41. The Labute approximate surface area is 145 Å². The molecule has 0 radical (unpaired) electrons. The molecule has 1 saturated heterocycles. The zero-order valence-electron chi connectivity index (χ0n) is 13.8. The van der Waals surface area contributed by atoms with Crippen LogP contribution in [-0.4, -0.2) is 39.2 Å². The summed E-state index contributed by atoms with van der Waals surface area (Å²) in [5, 5.41) is 12.7. The van der Waals surface area contributed by atoms with E-state index in [9.17, 15) is 4.79 Å². The van der Waals surface area contributed by atoms with E-state index in [4.69, 9.17) is 0 Å². The molecule has 0 saturated carbocycles. The van der Waals surface area contributed by atoms with Gasteiger partial charge in [-0.15, -0.1) is 10.2 Å². The van der Waals surface area contributed by atoms with Crippen molar-refractivity contribution in [2.45, 2.75) is 39.0 Å². The first kappa shape index (κ1) is 16.8. The van der Waals surface area contributed by atoms with Crippen molar-refractivity contribution >= 4 is 28.3 Å². The van der Waals surface area contributed by atoms with Crippen LogP contribution in [-0.2, 0) is 11.2 Å². The average Bonchev–Trinajstić information content (AvgIpc) is 3.08. The molecule has 1 atom stereocenters. The number of piperidine rings is 1. The lowest BCUT2D eigenvalue weighted by Gasteiger charge is -2.31. The molecule has 3 heterocycles. The number of carbonyl (C=O) groups excluding carboxylic acids is 1. The van der Waals surface area contributed by atoms with E-state index in [0.717, 1.165) is 43.7 Å². The number of aromatic nitrogens is 4. The second-order valence-corrected chi connectivity index (χ2v) is 6.99. The van der Waals surface area contributed by atoms with Gasteiger partial charge in [-0.05, 0) is 25.3 Å². The van der Waals surface area contributed by atoms with Crippen LogP contribution < -0.4 is 10.2 Å². The maximum atomic E-state index is 12.5. The van der Waals surface area contributed by atoms with Crippen molar-refractivity contribution in [3.8, 4) is 0 Å². The quantitative estimate of drug-likeness (QED) is 0.865. The van der Waals surface area contributed by atoms with Gasteiger partial charge in [0.1, 0.15) is 5.01 Å². The van der Waals surface area contributed by atoms with Crippen LogP contribution in [0.2, 0.25) is 0 Å². The number of unbranched alkanes of at least 4 members (excludes halogenated alkanes) is 1. The SMILES string of the molecule is CCCCc1nnc(NC(=O)C2CCCN(c3ncccn3)C2)s1. The maximum Gasteiger partial charge on any atom is 0.231 e. The minimum Gasteiger partial charge on any atom is -0.340 e. The van der Waals surface area contributed by atoms with Gasteiger partial charge >= 0.3 is 0 Å². The minimum atomic E-state index is -0.0782. The van der Waals surface area contributed by atoms with E-state index in [0.29, 0.717) is 17.6 Å². The van der Waals surface area contributed by atoms with E-state index < -0.39 is 0 Å². The number of carbonyl (C=O) groups is 1. The first-order valence-corrected chi connectivity index (χ1v) is 9.23. The molecule has 1 N–H and O–H groups in total. The fourth-order valence-electron chi connectivity index (χ4n) is 2.77. The van der Waals surface area contributed by atoms with Gasteiger partial charge in [-0.2, -0.15) is 0 Å². The Morgan fingerprint density at radius 1 is 1.38 bits per heavy atom. The van der Waals surface area contributed by atoms with Gasteiger partial charge in [0.2, 0.25) is 17.0 Å². The molecule has 2 aromatic heterocycles. The molecule has 0 aromatic carbocycles. The summed E-state index contributed by atoms with van der Waals surface area (Å²) in [5.41, 5.74) is 0. The summed E-state index contributed by atoms with van der Waals surface area (Å²) in [7, 11) is 0. The van der Waals surface area contributed by atoms with Gasteiger partial charge in [0.05, 0.1) is 5.92 Å². The van der Waals surface area contributed by atoms with Crippen molar-refractivity contribution < 1.29 is 4.79 Å². The molecule has 1 aliphatic rings. The molecular weight excluding hydrogens is 324 g/mol. The van der Waals surface area contributed by atoms with Crippen LogP contribution >= 0.6 is 11.3 Å². The largest absolute Gasteiger partial charge is 0.340 e. The van der Waals surface area contributed by atoms with Crippen molar-refractivity contribution in [1.82, 2.24) is 20.2 Å². The second kappa shape index (κ2) is 8.14. The predicted molar refractivity (Wildman–Crippen MR) is 94.1 cm³/mol. The van der Waals surface area contributed by atoms with Gasteiger partial charge in [-0.25, -0.2) is 9.97 Å². The minimum absolute atomic E-state index is 0.00817. The normalized spacial score (nSPS) is 17.7. The lowest BCUT2D eigenvalue weighted by Crippen LogP contribution is -2.41. The third-order valence-electron chi connectivity index (χ3n) is 4.07. The molecule has 1 aliphatic heterocycles. The summed E-state index contributed by atoms with van der Waals surface area (Å²) in [6.45, 7) is 3.67. The Balaban J connectivity index is 1.57. The number of rotatable bonds is 6. The van der Waals surface area contributed by atoms with Crippen molar-refractivity contribution in [2.75, 3.05) is 23.3 Å². The summed E-state index contributed by atoms with van der Waals surface area (Å²) >= 11 is 1.47. The molecule has 8 heteroatoms. The molecule has 2 aromatic rings. The predicted octanol–water partition coefficient (Wildman–Crippen LogP) is 2.53. The van der Waals surface area contributed by atoms with Gasteiger partial charge in [-0.3, -0.25) is 4.79 Å². The summed E-state index contributed by atoms with van der Waals surface area (Å²) in [4.78, 5) is 23.1. The van der Waals surface area contributed by atoms with Crippen LogP contribution in [0.5, 0.6) is 0 Å². The van der Waals surface area contributed by atoms with Crippen LogP contribution in [0.15, 0.2) is 18.5 Å². The molecule has 3 rings (SSSR count). The number of nitrogens with zero attached hydrogens (tertiary/aromatic N) is 5. The van der Waals surface area contributed by atoms with E-state index >= 15 is 0 Å². The number of hydrogen-bond acceptors (Lipinski definition) is 7. The topological polar surface area (TPSA) is 83.9 Å². The zero-order chi connectivity index (χ0) is 16.8. The molecule has 0 aliphatic carbocycles. The van der Waals surface area contributed by atoms with Gasteiger partial charge in [0.15, 0.2) is 0 Å². The van der Waals surface area contributed by atoms with Crippen LogP contribution in [0.1, 0.15) is 37.6 Å². The monoisotopic (exact) mass is 346 g/mol. The average molecular weight is 346 g/mol. The fraction of sp³-hybridized carbons (Fsp3) is 0.562. The zero-order valence-corrected chi connectivity index (χ0v) is 14.6. The van der Waals surface area contributed by atoms with Crippen LogP contribution in [0.25, 0.3) is 0 Å². The van der Waals surface area contributed by atoms with Crippen molar-refractivity contribution in [3.05, 3.63) is 23.5 Å². The molecule has 7 nitrogen and oxygen atoms in total. The van der Waals surface area contributed by atoms with Crippen molar-refractivity contribution in [2.24, 2.45) is 5.92 Å². The molecule has 128 valence electrons. The van der Waals surface area contributed by atoms with E-state index in [2.05, 4.69) is 37.3 Å². The van der Waals surface area contributed by atoms with Gasteiger partial charge in [-0.1, -0.05) is 24.7 Å². The third-order valence-corrected chi connectivity index (χ3v) is 4.97. The Hall–Kier alpha value is -2.09. The highest BCUT2D eigenvalue weighted by atomic mass is 32.1. The number of anilines is 2. The van der Waals surface area contributed by atoms with Crippen LogP contribution in [0.4, 0.5) is 11.1 Å². The first-order chi connectivity index (χ1) is 11.8. The summed E-state index contributed by atoms with van der Waals surface area (Å²) < 4.78 is 0. The lowest BCUT2D eigenvalue weighted by atomic mass is 9.97. The Morgan fingerprint density at radius 2 is 2.21 bits per heavy atom. The molecule has 1 amide bonds.